The molecule has 0 saturated carbocycles. The molecule has 128 valence electrons. The number of ether oxygens (including phenoxy) is 1. The summed E-state index contributed by atoms with van der Waals surface area (Å²) in [5, 5.41) is 2.65. The van der Waals surface area contributed by atoms with Crippen molar-refractivity contribution in [1.82, 2.24) is 15.2 Å². The minimum Gasteiger partial charge on any atom is -0.449 e. The quantitative estimate of drug-likeness (QED) is 0.918. The second-order valence-electron chi connectivity index (χ2n) is 6.05. The summed E-state index contributed by atoms with van der Waals surface area (Å²) in [6, 6.07) is 5.25. The number of carbonyl (C=O) groups excluding carboxylic acids is 2. The minimum atomic E-state index is -0.997. The number of carbonyl (C=O) groups is 2. The van der Waals surface area contributed by atoms with E-state index in [0.29, 0.717) is 24.1 Å². The molecule has 1 unspecified atom stereocenters. The standard InChI is InChI=1S/C17H21N3O4/c1-11-5-6-13-12(19-11)9-14(24-13)15(21)20-8-4-7-17(20,10-23-3)16(22)18-2/h5-6,9H,4,7-8,10H2,1-3H3,(H,18,22). The fourth-order valence-corrected chi connectivity index (χ4v) is 3.36. The summed E-state index contributed by atoms with van der Waals surface area (Å²) in [6.07, 6.45) is 1.30. The molecule has 1 aliphatic heterocycles. The van der Waals surface area contributed by atoms with Gasteiger partial charge < -0.3 is 19.4 Å². The number of aryl methyl sites for hydroxylation is 1. The van der Waals surface area contributed by atoms with E-state index in [1.807, 2.05) is 13.0 Å². The molecule has 1 N–H and O–H groups in total. The number of methoxy groups -OCH3 is 1. The number of nitrogens with one attached hydrogen (secondary N) is 1. The van der Waals surface area contributed by atoms with Gasteiger partial charge in [0.2, 0.25) is 5.91 Å². The number of aromatic nitrogens is 1. The summed E-state index contributed by atoms with van der Waals surface area (Å²) in [7, 11) is 3.09. The fourth-order valence-electron chi connectivity index (χ4n) is 3.36. The van der Waals surface area contributed by atoms with Crippen LogP contribution in [0.1, 0.15) is 29.1 Å². The molecule has 2 aromatic rings. The van der Waals surface area contributed by atoms with Gasteiger partial charge in [-0.05, 0) is 31.9 Å². The fraction of sp³-hybridized carbons (Fsp3) is 0.471. The van der Waals surface area contributed by atoms with Crippen LogP contribution >= 0.6 is 0 Å². The maximum atomic E-state index is 13.0. The van der Waals surface area contributed by atoms with Gasteiger partial charge in [0.05, 0.1) is 6.61 Å². The summed E-state index contributed by atoms with van der Waals surface area (Å²) in [6.45, 7) is 2.51. The van der Waals surface area contributed by atoms with E-state index < -0.39 is 5.54 Å². The molecule has 0 bridgehead atoms. The van der Waals surface area contributed by atoms with Crippen molar-refractivity contribution >= 4 is 22.9 Å². The van der Waals surface area contributed by atoms with Gasteiger partial charge in [-0.3, -0.25) is 9.59 Å². The van der Waals surface area contributed by atoms with Gasteiger partial charge in [0.25, 0.3) is 5.91 Å². The van der Waals surface area contributed by atoms with Crippen molar-refractivity contribution in [3.63, 3.8) is 0 Å². The van der Waals surface area contributed by atoms with E-state index in [4.69, 9.17) is 9.15 Å². The predicted octanol–water partition coefficient (Wildman–Crippen LogP) is 1.50. The third-order valence-corrected chi connectivity index (χ3v) is 4.49. The number of rotatable bonds is 4. The van der Waals surface area contributed by atoms with E-state index in [1.165, 1.54) is 7.11 Å². The molecule has 1 atom stereocenters. The van der Waals surface area contributed by atoms with Crippen molar-refractivity contribution < 1.29 is 18.7 Å². The maximum absolute atomic E-state index is 13.0. The zero-order valence-electron chi connectivity index (χ0n) is 14.1. The highest BCUT2D eigenvalue weighted by Crippen LogP contribution is 2.32. The predicted molar refractivity (Wildman–Crippen MR) is 87.7 cm³/mol. The van der Waals surface area contributed by atoms with Crippen molar-refractivity contribution in [3.8, 4) is 0 Å². The first kappa shape index (κ1) is 16.4. The number of amides is 2. The number of likely N-dealkylation sites (N-methyl/N-ethyl adjacent to an activating group) is 1. The van der Waals surface area contributed by atoms with E-state index in [1.54, 1.807) is 24.1 Å². The van der Waals surface area contributed by atoms with Gasteiger partial charge in [-0.25, -0.2) is 4.98 Å². The zero-order chi connectivity index (χ0) is 17.3. The molecular formula is C17H21N3O4. The number of hydrogen-bond donors (Lipinski definition) is 1. The Labute approximate surface area is 140 Å². The Morgan fingerprint density at radius 3 is 2.96 bits per heavy atom. The van der Waals surface area contributed by atoms with E-state index in [-0.39, 0.29) is 24.2 Å². The van der Waals surface area contributed by atoms with Crippen molar-refractivity contribution in [2.24, 2.45) is 0 Å². The minimum absolute atomic E-state index is 0.149. The lowest BCUT2D eigenvalue weighted by Gasteiger charge is -2.35. The van der Waals surface area contributed by atoms with Crippen molar-refractivity contribution in [3.05, 3.63) is 29.7 Å². The van der Waals surface area contributed by atoms with Crippen molar-refractivity contribution in [2.45, 2.75) is 25.3 Å². The molecule has 2 amide bonds. The average Bonchev–Trinajstić information content (AvgIpc) is 3.18. The molecule has 24 heavy (non-hydrogen) atoms. The third-order valence-electron chi connectivity index (χ3n) is 4.49. The van der Waals surface area contributed by atoms with Gasteiger partial charge in [0.15, 0.2) is 11.3 Å². The first-order chi connectivity index (χ1) is 11.5. The van der Waals surface area contributed by atoms with Gasteiger partial charge in [-0.15, -0.1) is 0 Å². The first-order valence-corrected chi connectivity index (χ1v) is 7.92. The average molecular weight is 331 g/mol. The highest BCUT2D eigenvalue weighted by molar-refractivity contribution is 6.00. The summed E-state index contributed by atoms with van der Waals surface area (Å²) < 4.78 is 10.9. The van der Waals surface area contributed by atoms with Crippen LogP contribution in [0.3, 0.4) is 0 Å². The molecule has 0 aromatic carbocycles. The highest BCUT2D eigenvalue weighted by atomic mass is 16.5. The van der Waals surface area contributed by atoms with E-state index in [9.17, 15) is 9.59 Å². The molecule has 1 fully saturated rings. The second kappa shape index (κ2) is 6.24. The van der Waals surface area contributed by atoms with Gasteiger partial charge >= 0.3 is 0 Å². The monoisotopic (exact) mass is 331 g/mol. The topological polar surface area (TPSA) is 84.7 Å². The molecule has 3 rings (SSSR count). The SMILES string of the molecule is CNC(=O)C1(COC)CCCN1C(=O)c1cc2nc(C)ccc2o1. The maximum Gasteiger partial charge on any atom is 0.290 e. The van der Waals surface area contributed by atoms with E-state index >= 15 is 0 Å². The number of likely N-dealkylation sites (tertiary alicyclic amines) is 1. The molecule has 0 spiro atoms. The molecule has 0 radical (unpaired) electrons. The molecule has 2 aromatic heterocycles. The number of nitrogens with zero attached hydrogens (tertiary/aromatic N) is 2. The lowest BCUT2D eigenvalue weighted by Crippen LogP contribution is -2.59. The number of hydrogen-bond acceptors (Lipinski definition) is 5. The Morgan fingerprint density at radius 1 is 1.46 bits per heavy atom. The van der Waals surface area contributed by atoms with E-state index in [0.717, 1.165) is 12.1 Å². The van der Waals surface area contributed by atoms with Gasteiger partial charge in [-0.1, -0.05) is 0 Å². The molecule has 1 saturated heterocycles. The zero-order valence-corrected chi connectivity index (χ0v) is 14.1. The van der Waals surface area contributed by atoms with Crippen molar-refractivity contribution in [1.29, 1.82) is 0 Å². The van der Waals surface area contributed by atoms with Gasteiger partial charge in [-0.2, -0.15) is 0 Å². The van der Waals surface area contributed by atoms with Gasteiger partial charge in [0.1, 0.15) is 11.1 Å². The van der Waals surface area contributed by atoms with Gasteiger partial charge in [0, 0.05) is 32.5 Å². The molecular weight excluding hydrogens is 310 g/mol. The normalized spacial score (nSPS) is 20.5. The number of furan rings is 1. The molecule has 3 heterocycles. The van der Waals surface area contributed by atoms with Crippen LogP contribution in [0.25, 0.3) is 11.1 Å². The smallest absolute Gasteiger partial charge is 0.290 e. The molecule has 7 nitrogen and oxygen atoms in total. The van der Waals surface area contributed by atoms with Crippen LogP contribution in [0.15, 0.2) is 22.6 Å². The Kier molecular flexibility index (Phi) is 4.28. The Bertz CT molecular complexity index is 785. The number of fused-ring (bicyclic) bond motifs is 1. The van der Waals surface area contributed by atoms with Crippen LogP contribution in [0.2, 0.25) is 0 Å². The van der Waals surface area contributed by atoms with Crippen LogP contribution in [-0.2, 0) is 9.53 Å². The summed E-state index contributed by atoms with van der Waals surface area (Å²) in [4.78, 5) is 31.4. The summed E-state index contributed by atoms with van der Waals surface area (Å²) in [5.74, 6) is -0.349. The lowest BCUT2D eigenvalue weighted by molar-refractivity contribution is -0.133. The van der Waals surface area contributed by atoms with Crippen LogP contribution in [0.4, 0.5) is 0 Å². The van der Waals surface area contributed by atoms with Crippen LogP contribution in [0, 0.1) is 6.92 Å². The molecule has 1 aliphatic rings. The largest absolute Gasteiger partial charge is 0.449 e. The highest BCUT2D eigenvalue weighted by Gasteiger charge is 2.50. The number of pyridine rings is 1. The van der Waals surface area contributed by atoms with Crippen molar-refractivity contribution in [2.75, 3.05) is 27.3 Å². The first-order valence-electron chi connectivity index (χ1n) is 7.92. The Morgan fingerprint density at radius 2 is 2.25 bits per heavy atom. The second-order valence-corrected chi connectivity index (χ2v) is 6.05. The Hall–Kier alpha value is -2.41. The van der Waals surface area contributed by atoms with Crippen LogP contribution < -0.4 is 5.32 Å². The summed E-state index contributed by atoms with van der Waals surface area (Å²) in [5.41, 5.74) is 1.04. The van der Waals surface area contributed by atoms with Crippen LogP contribution in [0.5, 0.6) is 0 Å². The van der Waals surface area contributed by atoms with E-state index in [2.05, 4.69) is 10.3 Å². The molecule has 7 heteroatoms. The molecule has 0 aliphatic carbocycles. The summed E-state index contributed by atoms with van der Waals surface area (Å²) >= 11 is 0. The van der Waals surface area contributed by atoms with Crippen LogP contribution in [-0.4, -0.2) is 54.5 Å². The third kappa shape index (κ3) is 2.54. The Balaban J connectivity index is 1.98. The lowest BCUT2D eigenvalue weighted by atomic mass is 9.95.